The number of carboxylic acids is 1. The highest BCUT2D eigenvalue weighted by molar-refractivity contribution is 7.12. The van der Waals surface area contributed by atoms with Gasteiger partial charge >= 0.3 is 5.97 Å². The van der Waals surface area contributed by atoms with Crippen molar-refractivity contribution >= 4 is 29.1 Å². The van der Waals surface area contributed by atoms with E-state index in [-0.39, 0.29) is 5.91 Å². The highest BCUT2D eigenvalue weighted by atomic mass is 32.1. The molecular formula is C13H18N2O4S. The van der Waals surface area contributed by atoms with E-state index in [0.717, 1.165) is 0 Å². The van der Waals surface area contributed by atoms with Crippen LogP contribution in [-0.4, -0.2) is 35.0 Å². The topological polar surface area (TPSA) is 95.5 Å². The van der Waals surface area contributed by atoms with Crippen LogP contribution in [0.2, 0.25) is 0 Å². The maximum absolute atomic E-state index is 11.9. The summed E-state index contributed by atoms with van der Waals surface area (Å²) >= 11 is 1.27. The van der Waals surface area contributed by atoms with Crippen LogP contribution in [-0.2, 0) is 9.59 Å². The summed E-state index contributed by atoms with van der Waals surface area (Å²) in [6.45, 7) is 3.36. The van der Waals surface area contributed by atoms with Gasteiger partial charge in [-0.05, 0) is 24.8 Å². The molecule has 0 saturated carbocycles. The van der Waals surface area contributed by atoms with Crippen molar-refractivity contribution in [3.05, 3.63) is 22.4 Å². The maximum Gasteiger partial charge on any atom is 0.326 e. The third kappa shape index (κ3) is 4.65. The van der Waals surface area contributed by atoms with Gasteiger partial charge < -0.3 is 15.7 Å². The molecule has 1 unspecified atom stereocenters. The molecule has 0 fully saturated rings. The van der Waals surface area contributed by atoms with E-state index in [9.17, 15) is 14.4 Å². The average Bonchev–Trinajstić information content (AvgIpc) is 2.91. The molecule has 0 saturated heterocycles. The fourth-order valence-corrected chi connectivity index (χ4v) is 2.21. The Morgan fingerprint density at radius 3 is 2.55 bits per heavy atom. The largest absolute Gasteiger partial charge is 0.480 e. The van der Waals surface area contributed by atoms with Gasteiger partial charge in [-0.3, -0.25) is 9.59 Å². The maximum atomic E-state index is 11.9. The van der Waals surface area contributed by atoms with Crippen molar-refractivity contribution in [3.8, 4) is 0 Å². The molecule has 0 radical (unpaired) electrons. The van der Waals surface area contributed by atoms with Gasteiger partial charge in [-0.2, -0.15) is 0 Å². The minimum atomic E-state index is -1.07. The Labute approximate surface area is 121 Å². The van der Waals surface area contributed by atoms with E-state index in [1.807, 2.05) is 6.92 Å². The van der Waals surface area contributed by atoms with E-state index in [2.05, 4.69) is 10.6 Å². The fraction of sp³-hybridized carbons (Fsp3) is 0.462. The van der Waals surface area contributed by atoms with Gasteiger partial charge in [-0.1, -0.05) is 19.4 Å². The Kier molecular flexibility index (Phi) is 6.17. The van der Waals surface area contributed by atoms with Crippen molar-refractivity contribution in [1.29, 1.82) is 0 Å². The minimum Gasteiger partial charge on any atom is -0.480 e. The zero-order chi connectivity index (χ0) is 15.1. The van der Waals surface area contributed by atoms with E-state index in [4.69, 9.17) is 5.11 Å². The summed E-state index contributed by atoms with van der Waals surface area (Å²) < 4.78 is 0. The van der Waals surface area contributed by atoms with E-state index < -0.39 is 24.0 Å². The summed E-state index contributed by atoms with van der Waals surface area (Å²) in [5.41, 5.74) is 0. The number of carbonyl (C=O) groups is 3. The number of hydrogen-bond donors (Lipinski definition) is 3. The quantitative estimate of drug-likeness (QED) is 0.705. The first-order chi connectivity index (χ1) is 9.45. The fourth-order valence-electron chi connectivity index (χ4n) is 1.58. The van der Waals surface area contributed by atoms with Gasteiger partial charge in [0.15, 0.2) is 0 Å². The third-order valence-electron chi connectivity index (χ3n) is 2.68. The molecule has 2 atom stereocenters. The minimum absolute atomic E-state index is 0.343. The molecule has 110 valence electrons. The van der Waals surface area contributed by atoms with Crippen molar-refractivity contribution in [2.24, 2.45) is 0 Å². The Morgan fingerprint density at radius 1 is 1.35 bits per heavy atom. The number of thiophene rings is 1. The molecule has 0 bridgehead atoms. The highest BCUT2D eigenvalue weighted by Crippen LogP contribution is 2.08. The number of rotatable bonds is 7. The lowest BCUT2D eigenvalue weighted by atomic mass is 10.1. The second-order valence-electron chi connectivity index (χ2n) is 4.36. The molecule has 2 amide bonds. The van der Waals surface area contributed by atoms with Crippen LogP contribution in [0.15, 0.2) is 17.5 Å². The molecule has 1 aromatic rings. The number of carbonyl (C=O) groups excluding carboxylic acids is 2. The van der Waals surface area contributed by atoms with Crippen LogP contribution < -0.4 is 10.6 Å². The number of amides is 2. The standard InChI is InChI=1S/C13H18N2O4S/c1-3-5-9(13(18)19)15-11(16)8(2)14-12(17)10-6-4-7-20-10/h4,6-9H,3,5H2,1-2H3,(H,14,17)(H,15,16)(H,18,19)/t8?,9-/m0/s1. The summed E-state index contributed by atoms with van der Waals surface area (Å²) in [5.74, 6) is -1.92. The normalized spacial score (nSPS) is 13.3. The molecule has 20 heavy (non-hydrogen) atoms. The van der Waals surface area contributed by atoms with Crippen LogP contribution in [0.1, 0.15) is 36.4 Å². The molecule has 3 N–H and O–H groups in total. The summed E-state index contributed by atoms with van der Waals surface area (Å²) in [6.07, 6.45) is 1.000. The molecule has 1 heterocycles. The summed E-state index contributed by atoms with van der Waals surface area (Å²) in [4.78, 5) is 35.1. The van der Waals surface area contributed by atoms with Crippen molar-refractivity contribution in [3.63, 3.8) is 0 Å². The zero-order valence-corrected chi connectivity index (χ0v) is 12.2. The first-order valence-corrected chi connectivity index (χ1v) is 7.21. The zero-order valence-electron chi connectivity index (χ0n) is 11.4. The molecule has 0 spiro atoms. The second-order valence-corrected chi connectivity index (χ2v) is 5.31. The molecule has 6 nitrogen and oxygen atoms in total. The Hall–Kier alpha value is -1.89. The van der Waals surface area contributed by atoms with Crippen LogP contribution in [0, 0.1) is 0 Å². The molecule has 0 aliphatic heterocycles. The van der Waals surface area contributed by atoms with Gasteiger partial charge in [0.05, 0.1) is 4.88 Å². The lowest BCUT2D eigenvalue weighted by Gasteiger charge is -2.18. The molecule has 7 heteroatoms. The van der Waals surface area contributed by atoms with Gasteiger partial charge in [-0.25, -0.2) is 4.79 Å². The number of hydrogen-bond acceptors (Lipinski definition) is 4. The van der Waals surface area contributed by atoms with Gasteiger partial charge in [-0.15, -0.1) is 11.3 Å². The summed E-state index contributed by atoms with van der Waals surface area (Å²) in [6, 6.07) is 1.69. The van der Waals surface area contributed by atoms with Crippen LogP contribution in [0.5, 0.6) is 0 Å². The highest BCUT2D eigenvalue weighted by Gasteiger charge is 2.23. The summed E-state index contributed by atoms with van der Waals surface area (Å²) in [7, 11) is 0. The predicted molar refractivity (Wildman–Crippen MR) is 75.7 cm³/mol. The van der Waals surface area contributed by atoms with Gasteiger partial charge in [0, 0.05) is 0 Å². The average molecular weight is 298 g/mol. The van der Waals surface area contributed by atoms with Gasteiger partial charge in [0.25, 0.3) is 5.91 Å². The summed E-state index contributed by atoms with van der Waals surface area (Å²) in [5, 5.41) is 15.7. The second kappa shape index (κ2) is 7.64. The van der Waals surface area contributed by atoms with E-state index in [1.54, 1.807) is 17.5 Å². The van der Waals surface area contributed by atoms with E-state index in [1.165, 1.54) is 18.3 Å². The lowest BCUT2D eigenvalue weighted by molar-refractivity contribution is -0.142. The van der Waals surface area contributed by atoms with Crippen molar-refractivity contribution < 1.29 is 19.5 Å². The Balaban J connectivity index is 2.54. The monoisotopic (exact) mass is 298 g/mol. The van der Waals surface area contributed by atoms with Crippen LogP contribution >= 0.6 is 11.3 Å². The van der Waals surface area contributed by atoms with E-state index >= 15 is 0 Å². The molecule has 0 aromatic carbocycles. The predicted octanol–water partition coefficient (Wildman–Crippen LogP) is 1.24. The lowest BCUT2D eigenvalue weighted by Crippen LogP contribution is -2.50. The number of carboxylic acid groups (broad SMARTS) is 1. The SMILES string of the molecule is CCC[C@H](NC(=O)C(C)NC(=O)c1cccs1)C(=O)O. The smallest absolute Gasteiger partial charge is 0.326 e. The van der Waals surface area contributed by atoms with Crippen molar-refractivity contribution in [1.82, 2.24) is 10.6 Å². The first-order valence-electron chi connectivity index (χ1n) is 6.33. The number of nitrogens with one attached hydrogen (secondary N) is 2. The molecule has 0 aliphatic rings. The van der Waals surface area contributed by atoms with Crippen LogP contribution in [0.4, 0.5) is 0 Å². The molecule has 1 aromatic heterocycles. The Bertz CT molecular complexity index is 473. The van der Waals surface area contributed by atoms with Gasteiger partial charge in [0.2, 0.25) is 5.91 Å². The van der Waals surface area contributed by atoms with Gasteiger partial charge in [0.1, 0.15) is 12.1 Å². The number of aliphatic carboxylic acids is 1. The van der Waals surface area contributed by atoms with Crippen molar-refractivity contribution in [2.75, 3.05) is 0 Å². The molecular weight excluding hydrogens is 280 g/mol. The first kappa shape index (κ1) is 16.2. The van der Waals surface area contributed by atoms with Crippen LogP contribution in [0.3, 0.4) is 0 Å². The molecule has 0 aliphatic carbocycles. The molecule has 1 rings (SSSR count). The van der Waals surface area contributed by atoms with E-state index in [0.29, 0.717) is 17.7 Å². The third-order valence-corrected chi connectivity index (χ3v) is 3.55. The van der Waals surface area contributed by atoms with Crippen molar-refractivity contribution in [2.45, 2.75) is 38.8 Å². The van der Waals surface area contributed by atoms with Crippen LogP contribution in [0.25, 0.3) is 0 Å². The Morgan fingerprint density at radius 2 is 2.05 bits per heavy atom.